The molecule has 0 spiro atoms. The molecule has 92 valence electrons. The third-order valence-electron chi connectivity index (χ3n) is 2.37. The van der Waals surface area contributed by atoms with E-state index in [0.717, 1.165) is 12.1 Å². The first-order valence-corrected chi connectivity index (χ1v) is 4.82. The maximum atomic E-state index is 13.3. The van der Waals surface area contributed by atoms with Crippen molar-refractivity contribution >= 4 is 12.4 Å². The van der Waals surface area contributed by atoms with Gasteiger partial charge in [-0.3, -0.25) is 0 Å². The molecule has 0 heterocycles. The molecule has 0 aliphatic rings. The van der Waals surface area contributed by atoms with Crippen LogP contribution in [-0.2, 0) is 0 Å². The molecule has 0 amide bonds. The minimum atomic E-state index is -0.843. The van der Waals surface area contributed by atoms with Crippen molar-refractivity contribution in [3.63, 3.8) is 0 Å². The second kappa shape index (κ2) is 6.13. The molecule has 1 aromatic carbocycles. The van der Waals surface area contributed by atoms with Crippen molar-refractivity contribution < 1.29 is 13.9 Å². The Morgan fingerprint density at radius 1 is 1.25 bits per heavy atom. The molecule has 2 atom stereocenters. The minimum Gasteiger partial charge on any atom is -0.391 e. The normalized spacial score (nSPS) is 14.4. The molecule has 0 saturated heterocycles. The van der Waals surface area contributed by atoms with Gasteiger partial charge in [-0.2, -0.15) is 0 Å². The van der Waals surface area contributed by atoms with Gasteiger partial charge in [0, 0.05) is 11.6 Å². The largest absolute Gasteiger partial charge is 0.391 e. The zero-order valence-corrected chi connectivity index (χ0v) is 9.97. The Balaban J connectivity index is 0.00000225. The highest BCUT2D eigenvalue weighted by Crippen LogP contribution is 2.22. The molecule has 0 aromatic heterocycles. The number of halogens is 3. The summed E-state index contributed by atoms with van der Waals surface area (Å²) in [6, 6.07) is 2.33. The van der Waals surface area contributed by atoms with Gasteiger partial charge in [0.15, 0.2) is 0 Å². The monoisotopic (exact) mass is 251 g/mol. The Labute approximate surface area is 99.9 Å². The fourth-order valence-electron chi connectivity index (χ4n) is 1.37. The zero-order valence-electron chi connectivity index (χ0n) is 9.15. The summed E-state index contributed by atoms with van der Waals surface area (Å²) in [6.45, 7) is 3.57. The number of aliphatic hydroxyl groups is 1. The SMILES string of the molecule is CC(C)[C@@H](O)[C@@H](N)c1ccc(F)cc1F.Cl. The average molecular weight is 252 g/mol. The van der Waals surface area contributed by atoms with Crippen LogP contribution in [0.1, 0.15) is 25.5 Å². The first kappa shape index (κ1) is 15.3. The summed E-state index contributed by atoms with van der Waals surface area (Å²) in [5, 5.41) is 9.66. The van der Waals surface area contributed by atoms with Gasteiger partial charge >= 0.3 is 0 Å². The van der Waals surface area contributed by atoms with Crippen molar-refractivity contribution in [2.24, 2.45) is 11.7 Å². The second-order valence-corrected chi connectivity index (χ2v) is 3.93. The van der Waals surface area contributed by atoms with Gasteiger partial charge in [0.25, 0.3) is 0 Å². The quantitative estimate of drug-likeness (QED) is 0.867. The summed E-state index contributed by atoms with van der Waals surface area (Å²) in [5.74, 6) is -1.45. The Bertz CT molecular complexity index is 347. The minimum absolute atomic E-state index is 0. The van der Waals surface area contributed by atoms with Crippen LogP contribution in [0.3, 0.4) is 0 Å². The van der Waals surface area contributed by atoms with Crippen LogP contribution in [0.2, 0.25) is 0 Å². The topological polar surface area (TPSA) is 46.2 Å². The molecule has 0 fully saturated rings. The molecule has 0 radical (unpaired) electrons. The molecule has 0 bridgehead atoms. The van der Waals surface area contributed by atoms with Crippen LogP contribution in [0, 0.1) is 17.6 Å². The molecule has 2 nitrogen and oxygen atoms in total. The maximum absolute atomic E-state index is 13.3. The van der Waals surface area contributed by atoms with Gasteiger partial charge < -0.3 is 10.8 Å². The van der Waals surface area contributed by atoms with Crippen molar-refractivity contribution in [3.8, 4) is 0 Å². The molecule has 16 heavy (non-hydrogen) atoms. The van der Waals surface area contributed by atoms with Gasteiger partial charge in [0.05, 0.1) is 12.1 Å². The van der Waals surface area contributed by atoms with Crippen LogP contribution in [0.25, 0.3) is 0 Å². The average Bonchev–Trinajstić information content (AvgIpc) is 2.15. The van der Waals surface area contributed by atoms with Crippen LogP contribution in [0.15, 0.2) is 18.2 Å². The number of rotatable bonds is 3. The molecule has 1 aromatic rings. The number of benzene rings is 1. The summed E-state index contributed by atoms with van der Waals surface area (Å²) >= 11 is 0. The van der Waals surface area contributed by atoms with Crippen molar-refractivity contribution in [2.45, 2.75) is 26.0 Å². The third-order valence-corrected chi connectivity index (χ3v) is 2.37. The summed E-state index contributed by atoms with van der Waals surface area (Å²) in [4.78, 5) is 0. The summed E-state index contributed by atoms with van der Waals surface area (Å²) in [6.07, 6.45) is -0.843. The fourth-order valence-corrected chi connectivity index (χ4v) is 1.37. The lowest BCUT2D eigenvalue weighted by Crippen LogP contribution is -2.31. The van der Waals surface area contributed by atoms with E-state index in [1.54, 1.807) is 13.8 Å². The standard InChI is InChI=1S/C11H15F2NO.ClH/c1-6(2)11(15)10(14)8-4-3-7(12)5-9(8)13;/h3-6,10-11,15H,14H2,1-2H3;1H/t10-,11+;/m0./s1. The van der Waals surface area contributed by atoms with E-state index >= 15 is 0 Å². The van der Waals surface area contributed by atoms with Gasteiger partial charge in [-0.25, -0.2) is 8.78 Å². The van der Waals surface area contributed by atoms with E-state index in [9.17, 15) is 13.9 Å². The van der Waals surface area contributed by atoms with E-state index in [1.165, 1.54) is 6.07 Å². The summed E-state index contributed by atoms with van der Waals surface area (Å²) in [5.41, 5.74) is 5.81. The van der Waals surface area contributed by atoms with Crippen LogP contribution in [-0.4, -0.2) is 11.2 Å². The Hall–Kier alpha value is -0.710. The van der Waals surface area contributed by atoms with Gasteiger partial charge in [0.1, 0.15) is 11.6 Å². The lowest BCUT2D eigenvalue weighted by molar-refractivity contribution is 0.0966. The molecular formula is C11H16ClF2NO. The maximum Gasteiger partial charge on any atom is 0.130 e. The highest BCUT2D eigenvalue weighted by Gasteiger charge is 2.22. The highest BCUT2D eigenvalue weighted by atomic mass is 35.5. The second-order valence-electron chi connectivity index (χ2n) is 3.93. The Morgan fingerprint density at radius 3 is 2.25 bits per heavy atom. The van der Waals surface area contributed by atoms with Gasteiger partial charge in [-0.1, -0.05) is 19.9 Å². The predicted octanol–water partition coefficient (Wildman–Crippen LogP) is 2.40. The highest BCUT2D eigenvalue weighted by molar-refractivity contribution is 5.85. The Kier molecular flexibility index (Phi) is 5.86. The molecule has 0 saturated carbocycles. The van der Waals surface area contributed by atoms with Crippen LogP contribution in [0.4, 0.5) is 8.78 Å². The number of hydrogen-bond donors (Lipinski definition) is 2. The van der Waals surface area contributed by atoms with E-state index in [1.807, 2.05) is 0 Å². The first-order valence-electron chi connectivity index (χ1n) is 4.82. The molecule has 1 rings (SSSR count). The van der Waals surface area contributed by atoms with Crippen molar-refractivity contribution in [1.82, 2.24) is 0 Å². The van der Waals surface area contributed by atoms with Crippen molar-refractivity contribution in [2.75, 3.05) is 0 Å². The molecule has 0 aliphatic carbocycles. The van der Waals surface area contributed by atoms with Crippen LogP contribution >= 0.6 is 12.4 Å². The van der Waals surface area contributed by atoms with Crippen LogP contribution in [0.5, 0.6) is 0 Å². The van der Waals surface area contributed by atoms with Crippen molar-refractivity contribution in [3.05, 3.63) is 35.4 Å². The van der Waals surface area contributed by atoms with Gasteiger partial charge in [-0.15, -0.1) is 12.4 Å². The van der Waals surface area contributed by atoms with E-state index in [2.05, 4.69) is 0 Å². The van der Waals surface area contributed by atoms with E-state index < -0.39 is 23.8 Å². The molecule has 5 heteroatoms. The lowest BCUT2D eigenvalue weighted by Gasteiger charge is -2.22. The van der Waals surface area contributed by atoms with Crippen LogP contribution < -0.4 is 5.73 Å². The zero-order chi connectivity index (χ0) is 11.6. The fraction of sp³-hybridized carbons (Fsp3) is 0.455. The number of nitrogens with two attached hydrogens (primary N) is 1. The summed E-state index contributed by atoms with van der Waals surface area (Å²) < 4.78 is 25.9. The molecule has 0 unspecified atom stereocenters. The van der Waals surface area contributed by atoms with Crippen molar-refractivity contribution in [1.29, 1.82) is 0 Å². The summed E-state index contributed by atoms with van der Waals surface area (Å²) in [7, 11) is 0. The smallest absolute Gasteiger partial charge is 0.130 e. The molecular weight excluding hydrogens is 236 g/mol. The first-order chi connectivity index (χ1) is 6.93. The Morgan fingerprint density at radius 2 is 1.81 bits per heavy atom. The molecule has 3 N–H and O–H groups in total. The molecule has 0 aliphatic heterocycles. The number of hydrogen-bond acceptors (Lipinski definition) is 2. The van der Waals surface area contributed by atoms with E-state index in [4.69, 9.17) is 5.73 Å². The predicted molar refractivity (Wildman–Crippen MR) is 61.4 cm³/mol. The third kappa shape index (κ3) is 3.40. The van der Waals surface area contributed by atoms with E-state index in [-0.39, 0.29) is 23.9 Å². The lowest BCUT2D eigenvalue weighted by atomic mass is 9.94. The van der Waals surface area contributed by atoms with Gasteiger partial charge in [0.2, 0.25) is 0 Å². The van der Waals surface area contributed by atoms with E-state index in [0.29, 0.717) is 0 Å². The van der Waals surface area contributed by atoms with Gasteiger partial charge in [-0.05, 0) is 12.0 Å². The number of aliphatic hydroxyl groups excluding tert-OH is 1.